The molecule has 1 atom stereocenters. The minimum atomic E-state index is -0.410. The first kappa shape index (κ1) is 13.6. The first-order valence-electron chi connectivity index (χ1n) is 4.41. The molecule has 0 saturated heterocycles. The van der Waals surface area contributed by atoms with Gasteiger partial charge in [-0.3, -0.25) is 0 Å². The summed E-state index contributed by atoms with van der Waals surface area (Å²) >= 11 is 4.87. The molecule has 0 bridgehead atoms. The van der Waals surface area contributed by atoms with Crippen LogP contribution in [0.5, 0.6) is 0 Å². The van der Waals surface area contributed by atoms with Crippen molar-refractivity contribution >= 4 is 39.7 Å². The summed E-state index contributed by atoms with van der Waals surface area (Å²) in [5.74, 6) is -0.275. The highest BCUT2D eigenvalue weighted by Gasteiger charge is 2.16. The molecule has 1 aromatic heterocycles. The van der Waals surface area contributed by atoms with Crippen molar-refractivity contribution in [2.45, 2.75) is 6.04 Å². The minimum Gasteiger partial charge on any atom is -0.320 e. The average Bonchev–Trinajstić information content (AvgIpc) is 2.69. The van der Waals surface area contributed by atoms with Crippen LogP contribution in [-0.2, 0) is 0 Å². The fourth-order valence-corrected chi connectivity index (χ4v) is 2.71. The SMILES string of the molecule is Cl.N[C@@H](c1ccsc1)c1c(F)cccc1Br. The summed E-state index contributed by atoms with van der Waals surface area (Å²) in [6, 6.07) is 6.38. The lowest BCUT2D eigenvalue weighted by atomic mass is 10.0. The average molecular weight is 323 g/mol. The standard InChI is InChI=1S/C11H9BrFNS.ClH/c12-8-2-1-3-9(13)10(8)11(14)7-4-5-15-6-7;/h1-6,11H,14H2;1H/t11-;/m0./s1. The Morgan fingerprint density at radius 3 is 2.62 bits per heavy atom. The first-order chi connectivity index (χ1) is 7.20. The van der Waals surface area contributed by atoms with E-state index in [1.165, 1.54) is 6.07 Å². The lowest BCUT2D eigenvalue weighted by molar-refractivity contribution is 0.598. The molecule has 0 fully saturated rings. The molecule has 0 aliphatic rings. The molecule has 2 aromatic rings. The largest absolute Gasteiger partial charge is 0.320 e. The van der Waals surface area contributed by atoms with Gasteiger partial charge >= 0.3 is 0 Å². The molecule has 86 valence electrons. The van der Waals surface area contributed by atoms with Crippen molar-refractivity contribution in [1.29, 1.82) is 0 Å². The molecular weight excluding hydrogens is 313 g/mol. The number of hydrogen-bond acceptors (Lipinski definition) is 2. The second-order valence-corrected chi connectivity index (χ2v) is 4.80. The van der Waals surface area contributed by atoms with E-state index in [-0.39, 0.29) is 18.2 Å². The third-order valence-electron chi connectivity index (χ3n) is 2.21. The van der Waals surface area contributed by atoms with Gasteiger partial charge in [0.05, 0.1) is 6.04 Å². The van der Waals surface area contributed by atoms with E-state index in [0.717, 1.165) is 5.56 Å². The van der Waals surface area contributed by atoms with Crippen LogP contribution in [0.1, 0.15) is 17.2 Å². The van der Waals surface area contributed by atoms with Crippen LogP contribution in [0.2, 0.25) is 0 Å². The molecule has 1 aromatic carbocycles. The molecule has 0 aliphatic heterocycles. The lowest BCUT2D eigenvalue weighted by Crippen LogP contribution is -2.13. The predicted molar refractivity (Wildman–Crippen MR) is 71.7 cm³/mol. The van der Waals surface area contributed by atoms with Crippen LogP contribution in [0.3, 0.4) is 0 Å². The van der Waals surface area contributed by atoms with Crippen molar-refractivity contribution in [2.24, 2.45) is 5.73 Å². The molecule has 0 amide bonds. The molecule has 1 nitrogen and oxygen atoms in total. The summed E-state index contributed by atoms with van der Waals surface area (Å²) in [6.45, 7) is 0. The summed E-state index contributed by atoms with van der Waals surface area (Å²) in [4.78, 5) is 0. The van der Waals surface area contributed by atoms with Gasteiger partial charge in [-0.15, -0.1) is 12.4 Å². The highest BCUT2D eigenvalue weighted by atomic mass is 79.9. The van der Waals surface area contributed by atoms with Gasteiger partial charge in [-0.25, -0.2) is 4.39 Å². The maximum atomic E-state index is 13.6. The molecule has 0 spiro atoms. The number of rotatable bonds is 2. The van der Waals surface area contributed by atoms with Gasteiger partial charge in [0.25, 0.3) is 0 Å². The zero-order valence-electron chi connectivity index (χ0n) is 8.19. The molecule has 2 rings (SSSR count). The molecule has 1 heterocycles. The number of halogens is 3. The van der Waals surface area contributed by atoms with E-state index in [1.807, 2.05) is 16.8 Å². The monoisotopic (exact) mass is 321 g/mol. The van der Waals surface area contributed by atoms with E-state index in [4.69, 9.17) is 5.73 Å². The van der Waals surface area contributed by atoms with Gasteiger partial charge in [0.1, 0.15) is 5.82 Å². The molecule has 16 heavy (non-hydrogen) atoms. The summed E-state index contributed by atoms with van der Waals surface area (Å²) in [7, 11) is 0. The maximum absolute atomic E-state index is 13.6. The lowest BCUT2D eigenvalue weighted by Gasteiger charge is -2.13. The first-order valence-corrected chi connectivity index (χ1v) is 6.15. The van der Waals surface area contributed by atoms with Crippen LogP contribution < -0.4 is 5.73 Å². The number of hydrogen-bond donors (Lipinski definition) is 1. The van der Waals surface area contributed by atoms with Crippen LogP contribution >= 0.6 is 39.7 Å². The highest BCUT2D eigenvalue weighted by molar-refractivity contribution is 9.10. The quantitative estimate of drug-likeness (QED) is 0.884. The number of benzene rings is 1. The van der Waals surface area contributed by atoms with Gasteiger partial charge < -0.3 is 5.73 Å². The molecular formula is C11H10BrClFNS. The van der Waals surface area contributed by atoms with Gasteiger partial charge in [0.2, 0.25) is 0 Å². The van der Waals surface area contributed by atoms with Crippen molar-refractivity contribution in [2.75, 3.05) is 0 Å². The van der Waals surface area contributed by atoms with Crippen LogP contribution in [0.25, 0.3) is 0 Å². The summed E-state index contributed by atoms with van der Waals surface area (Å²) in [5.41, 5.74) is 7.45. The summed E-state index contributed by atoms with van der Waals surface area (Å²) < 4.78 is 14.3. The van der Waals surface area contributed by atoms with Gasteiger partial charge in [-0.05, 0) is 34.5 Å². The molecule has 5 heteroatoms. The molecule has 2 N–H and O–H groups in total. The Kier molecular flexibility index (Phi) is 4.92. The molecule has 0 radical (unpaired) electrons. The van der Waals surface area contributed by atoms with E-state index >= 15 is 0 Å². The van der Waals surface area contributed by atoms with E-state index in [1.54, 1.807) is 23.5 Å². The second kappa shape index (κ2) is 5.77. The van der Waals surface area contributed by atoms with E-state index in [0.29, 0.717) is 10.0 Å². The third kappa shape index (κ3) is 2.63. The number of nitrogens with two attached hydrogens (primary N) is 1. The Morgan fingerprint density at radius 1 is 1.31 bits per heavy atom. The molecule has 0 unspecified atom stereocenters. The van der Waals surface area contributed by atoms with E-state index < -0.39 is 6.04 Å². The van der Waals surface area contributed by atoms with E-state index in [2.05, 4.69) is 15.9 Å². The van der Waals surface area contributed by atoms with Crippen LogP contribution in [0, 0.1) is 5.82 Å². The Bertz CT molecular complexity index is 441. The fraction of sp³-hybridized carbons (Fsp3) is 0.0909. The van der Waals surface area contributed by atoms with Crippen LogP contribution in [-0.4, -0.2) is 0 Å². The van der Waals surface area contributed by atoms with Crippen molar-refractivity contribution in [3.05, 3.63) is 56.4 Å². The van der Waals surface area contributed by atoms with Gasteiger partial charge in [0, 0.05) is 10.0 Å². The van der Waals surface area contributed by atoms with Crippen molar-refractivity contribution in [1.82, 2.24) is 0 Å². The zero-order valence-corrected chi connectivity index (χ0v) is 11.4. The summed E-state index contributed by atoms with van der Waals surface area (Å²) in [5, 5.41) is 3.87. The van der Waals surface area contributed by atoms with Crippen LogP contribution in [0.15, 0.2) is 39.5 Å². The van der Waals surface area contributed by atoms with Crippen molar-refractivity contribution in [3.63, 3.8) is 0 Å². The third-order valence-corrected chi connectivity index (χ3v) is 3.61. The Balaban J connectivity index is 0.00000128. The van der Waals surface area contributed by atoms with Gasteiger partial charge in [0.15, 0.2) is 0 Å². The van der Waals surface area contributed by atoms with Gasteiger partial charge in [-0.1, -0.05) is 22.0 Å². The fourth-order valence-electron chi connectivity index (χ4n) is 1.43. The van der Waals surface area contributed by atoms with E-state index in [9.17, 15) is 4.39 Å². The van der Waals surface area contributed by atoms with Gasteiger partial charge in [-0.2, -0.15) is 11.3 Å². The topological polar surface area (TPSA) is 26.0 Å². The smallest absolute Gasteiger partial charge is 0.129 e. The summed E-state index contributed by atoms with van der Waals surface area (Å²) in [6.07, 6.45) is 0. The number of thiophene rings is 1. The Hall–Kier alpha value is -0.420. The predicted octanol–water partition coefficient (Wildman–Crippen LogP) is 4.12. The van der Waals surface area contributed by atoms with Crippen molar-refractivity contribution in [3.8, 4) is 0 Å². The maximum Gasteiger partial charge on any atom is 0.129 e. The molecule has 0 aliphatic carbocycles. The Morgan fingerprint density at radius 2 is 2.06 bits per heavy atom. The van der Waals surface area contributed by atoms with Crippen LogP contribution in [0.4, 0.5) is 4.39 Å². The highest BCUT2D eigenvalue weighted by Crippen LogP contribution is 2.29. The molecule has 0 saturated carbocycles. The Labute approximate surface area is 112 Å². The zero-order chi connectivity index (χ0) is 10.8. The second-order valence-electron chi connectivity index (χ2n) is 3.17. The normalized spacial score (nSPS) is 11.9. The minimum absolute atomic E-state index is 0. The van der Waals surface area contributed by atoms with Crippen molar-refractivity contribution < 1.29 is 4.39 Å².